The zero-order chi connectivity index (χ0) is 17.3. The summed E-state index contributed by atoms with van der Waals surface area (Å²) < 4.78 is 0. The molecule has 9 aliphatic rings. The average molecular weight is 345 g/mol. The molecule has 9 fully saturated rings. The first-order valence-corrected chi connectivity index (χ1v) is 9.95. The molecule has 136 valence electrons. The number of hydrogen-bond donors (Lipinski definition) is 4. The molecule has 4 N–H and O–H groups in total. The first-order chi connectivity index (χ1) is 11.7. The van der Waals surface area contributed by atoms with Gasteiger partial charge in [-0.2, -0.15) is 0 Å². The van der Waals surface area contributed by atoms with Gasteiger partial charge in [0.1, 0.15) is 0 Å². The normalized spacial score (nSPS) is 76.5. The Morgan fingerprint density at radius 3 is 2.68 bits per heavy atom. The first-order valence-electron chi connectivity index (χ1n) is 9.95. The third-order valence-electron chi connectivity index (χ3n) is 10.5. The second kappa shape index (κ2) is 3.49. The molecule has 13 atom stereocenters. The summed E-state index contributed by atoms with van der Waals surface area (Å²) in [5, 5.41) is 45.7. The summed E-state index contributed by atoms with van der Waals surface area (Å²) in [7, 11) is 0. The van der Waals surface area contributed by atoms with E-state index in [4.69, 9.17) is 0 Å². The van der Waals surface area contributed by atoms with E-state index in [2.05, 4.69) is 18.4 Å². The number of fused-ring (bicyclic) bond motifs is 1. The molecule has 1 unspecified atom stereocenters. The van der Waals surface area contributed by atoms with E-state index in [-0.39, 0.29) is 29.2 Å². The van der Waals surface area contributed by atoms with Crippen molar-refractivity contribution in [3.05, 3.63) is 12.2 Å². The molecule has 0 amide bonds. The predicted octanol–water partition coefficient (Wildman–Crippen LogP) is -0.121. The predicted molar refractivity (Wildman–Crippen MR) is 88.3 cm³/mol. The van der Waals surface area contributed by atoms with E-state index in [1.807, 2.05) is 0 Å². The fourth-order valence-corrected chi connectivity index (χ4v) is 10.4. The molecule has 9 rings (SSSR count). The van der Waals surface area contributed by atoms with Crippen molar-refractivity contribution in [1.29, 1.82) is 0 Å². The average Bonchev–Trinajstić information content (AvgIpc) is 2.95. The highest BCUT2D eigenvalue weighted by atomic mass is 16.3. The Hall–Kier alpha value is -0.460. The molecule has 0 aromatic carbocycles. The molecule has 25 heavy (non-hydrogen) atoms. The molecular formula is C20H27NO4. The Morgan fingerprint density at radius 1 is 1.16 bits per heavy atom. The molecular weight excluding hydrogens is 318 g/mol. The lowest BCUT2D eigenvalue weighted by atomic mass is 9.37. The van der Waals surface area contributed by atoms with Crippen molar-refractivity contribution in [2.45, 2.75) is 68.6 Å². The van der Waals surface area contributed by atoms with E-state index in [0.29, 0.717) is 18.9 Å². The summed E-state index contributed by atoms with van der Waals surface area (Å²) in [6.07, 6.45) is 0.678. The van der Waals surface area contributed by atoms with Crippen LogP contribution in [0.3, 0.4) is 0 Å². The summed E-state index contributed by atoms with van der Waals surface area (Å²) in [5.41, 5.74) is -1.48. The Kier molecular flexibility index (Phi) is 2.04. The Labute approximate surface area is 147 Å². The van der Waals surface area contributed by atoms with Crippen molar-refractivity contribution >= 4 is 0 Å². The van der Waals surface area contributed by atoms with Crippen molar-refractivity contribution in [2.75, 3.05) is 6.54 Å². The number of nitrogens with zero attached hydrogens (tertiary/aromatic N) is 1. The second-order valence-electron chi connectivity index (χ2n) is 10.8. The van der Waals surface area contributed by atoms with Gasteiger partial charge >= 0.3 is 0 Å². The van der Waals surface area contributed by atoms with E-state index in [9.17, 15) is 20.4 Å². The Balaban J connectivity index is 1.58. The van der Waals surface area contributed by atoms with Gasteiger partial charge in [0, 0.05) is 29.5 Å². The maximum atomic E-state index is 12.3. The fourth-order valence-electron chi connectivity index (χ4n) is 10.4. The van der Waals surface area contributed by atoms with Gasteiger partial charge in [-0.05, 0) is 54.4 Å². The Morgan fingerprint density at radius 2 is 1.92 bits per heavy atom. The first kappa shape index (κ1) is 14.6. The number of hydrogen-bond acceptors (Lipinski definition) is 5. The quantitative estimate of drug-likeness (QED) is 0.460. The molecule has 5 nitrogen and oxygen atoms in total. The monoisotopic (exact) mass is 345 g/mol. The maximum Gasteiger partial charge on any atom is 0.0901 e. The third-order valence-corrected chi connectivity index (χ3v) is 10.5. The molecule has 6 saturated carbocycles. The summed E-state index contributed by atoms with van der Waals surface area (Å²) >= 11 is 0. The highest BCUT2D eigenvalue weighted by molar-refractivity contribution is 5.48. The van der Waals surface area contributed by atoms with Crippen molar-refractivity contribution in [3.8, 4) is 0 Å². The van der Waals surface area contributed by atoms with Crippen LogP contribution in [-0.2, 0) is 0 Å². The molecule has 6 aliphatic carbocycles. The number of aliphatic hydroxyl groups is 4. The van der Waals surface area contributed by atoms with Crippen molar-refractivity contribution in [3.63, 3.8) is 0 Å². The van der Waals surface area contributed by atoms with Crippen LogP contribution in [0.5, 0.6) is 0 Å². The highest BCUT2D eigenvalue weighted by Crippen LogP contribution is 2.88. The Bertz CT molecular complexity index is 756. The smallest absolute Gasteiger partial charge is 0.0901 e. The van der Waals surface area contributed by atoms with Crippen LogP contribution in [0.4, 0.5) is 0 Å². The van der Waals surface area contributed by atoms with E-state index in [1.165, 1.54) is 0 Å². The largest absolute Gasteiger partial charge is 0.390 e. The molecule has 5 heteroatoms. The third kappa shape index (κ3) is 0.981. The highest BCUT2D eigenvalue weighted by Gasteiger charge is 2.95. The molecule has 0 radical (unpaired) electrons. The lowest BCUT2D eigenvalue weighted by Gasteiger charge is -2.69. The van der Waals surface area contributed by atoms with Crippen LogP contribution in [0.2, 0.25) is 0 Å². The summed E-state index contributed by atoms with van der Waals surface area (Å²) in [6, 6.07) is 0.429. The lowest BCUT2D eigenvalue weighted by Crippen LogP contribution is -2.77. The van der Waals surface area contributed by atoms with Crippen molar-refractivity contribution in [1.82, 2.24) is 4.90 Å². The van der Waals surface area contributed by atoms with Crippen molar-refractivity contribution < 1.29 is 20.4 Å². The molecule has 2 spiro atoms. The minimum Gasteiger partial charge on any atom is -0.390 e. The van der Waals surface area contributed by atoms with Gasteiger partial charge in [-0.1, -0.05) is 13.5 Å². The van der Waals surface area contributed by atoms with Gasteiger partial charge < -0.3 is 20.4 Å². The fraction of sp³-hybridized carbons (Fsp3) is 0.900. The summed E-state index contributed by atoms with van der Waals surface area (Å²) in [5.74, 6) is 0.577. The summed E-state index contributed by atoms with van der Waals surface area (Å²) in [4.78, 5) is 2.57. The standard InChI is InChI=1S/C20H27NO4/c1-8-9-3-10-14-20-13-11(5-18(10,15(8)23)19(20,25)4-9)21(14)7-17(13,2)6-12(22)16(20)24/h9-16,22-25H,1,3-7H2,2H3/t9-,10+,11-,12-,13+,14+,15+,16+,17+,18-,19-,20+/m0/s1. The van der Waals surface area contributed by atoms with Gasteiger partial charge in [-0.3, -0.25) is 4.90 Å². The number of aliphatic hydroxyl groups excluding tert-OH is 3. The van der Waals surface area contributed by atoms with Crippen LogP contribution < -0.4 is 0 Å². The van der Waals surface area contributed by atoms with Gasteiger partial charge in [0.2, 0.25) is 0 Å². The molecule has 9 bridgehead atoms. The molecule has 0 aromatic heterocycles. The van der Waals surface area contributed by atoms with Gasteiger partial charge in [0.05, 0.1) is 23.9 Å². The topological polar surface area (TPSA) is 84.2 Å². The maximum absolute atomic E-state index is 12.3. The van der Waals surface area contributed by atoms with E-state index < -0.39 is 34.7 Å². The number of rotatable bonds is 0. The van der Waals surface area contributed by atoms with Crippen molar-refractivity contribution in [2.24, 2.45) is 34.0 Å². The van der Waals surface area contributed by atoms with E-state index in [1.54, 1.807) is 0 Å². The second-order valence-corrected chi connectivity index (χ2v) is 10.8. The van der Waals surface area contributed by atoms with Crippen LogP contribution in [0, 0.1) is 34.0 Å². The van der Waals surface area contributed by atoms with Crippen LogP contribution in [0.25, 0.3) is 0 Å². The van der Waals surface area contributed by atoms with Gasteiger partial charge in [-0.15, -0.1) is 0 Å². The summed E-state index contributed by atoms with van der Waals surface area (Å²) in [6.45, 7) is 7.39. The molecule has 3 aliphatic heterocycles. The van der Waals surface area contributed by atoms with E-state index >= 15 is 0 Å². The molecule has 3 heterocycles. The van der Waals surface area contributed by atoms with Crippen LogP contribution in [0.1, 0.15) is 32.6 Å². The number of piperidine rings is 2. The van der Waals surface area contributed by atoms with Crippen LogP contribution in [-0.4, -0.2) is 67.9 Å². The SMILES string of the molecule is C=C1[C@H]2C[C@@H]3[C@H]4N5C[C@@]6(C)C[C@H](O)[C@@H](O)[C@@]47[C@@H]6[C@@H]5C[C@]3([C@@H]1O)[C@@]7(O)C2. The minimum absolute atomic E-state index is 0.0458. The van der Waals surface area contributed by atoms with E-state index in [0.717, 1.165) is 25.0 Å². The zero-order valence-corrected chi connectivity index (χ0v) is 14.6. The van der Waals surface area contributed by atoms with Crippen LogP contribution in [0.15, 0.2) is 12.2 Å². The van der Waals surface area contributed by atoms with Crippen LogP contribution >= 0.6 is 0 Å². The zero-order valence-electron chi connectivity index (χ0n) is 14.6. The lowest BCUT2D eigenvalue weighted by molar-refractivity contribution is -0.303. The van der Waals surface area contributed by atoms with Gasteiger partial charge in [0.25, 0.3) is 0 Å². The minimum atomic E-state index is -1.09. The van der Waals surface area contributed by atoms with Gasteiger partial charge in [0.15, 0.2) is 0 Å². The molecule has 3 saturated heterocycles. The molecule has 0 aromatic rings. The van der Waals surface area contributed by atoms with Gasteiger partial charge in [-0.25, -0.2) is 0 Å².